The van der Waals surface area contributed by atoms with E-state index in [-0.39, 0.29) is 12.0 Å². The number of nitrogens with one attached hydrogen (secondary N) is 2. The maximum atomic E-state index is 11.3. The monoisotopic (exact) mass is 411 g/mol. The average molecular weight is 412 g/mol. The molecule has 2 N–H and O–H groups in total. The summed E-state index contributed by atoms with van der Waals surface area (Å²) in [5, 5.41) is 16.5. The molecule has 7 nitrogen and oxygen atoms in total. The number of carbonyl (C=O) groups is 1. The fourth-order valence-electron chi connectivity index (χ4n) is 3.49. The molecule has 3 rings (SSSR count). The fourth-order valence-corrected chi connectivity index (χ4v) is 3.73. The second-order valence-corrected chi connectivity index (χ2v) is 7.39. The van der Waals surface area contributed by atoms with Crippen LogP contribution in [0.1, 0.15) is 17.5 Å². The Kier molecular flexibility index (Phi) is 6.87. The van der Waals surface area contributed by atoms with E-state index >= 15 is 0 Å². The number of para-hydroxylation sites is 1. The molecule has 8 heteroatoms. The van der Waals surface area contributed by atoms with Crippen molar-refractivity contribution in [3.63, 3.8) is 0 Å². The van der Waals surface area contributed by atoms with Crippen molar-refractivity contribution in [1.82, 2.24) is 5.43 Å². The highest BCUT2D eigenvalue weighted by Gasteiger charge is 2.13. The quantitative estimate of drug-likeness (QED) is 0.478. The third-order valence-corrected chi connectivity index (χ3v) is 5.09. The SMILES string of the molecule is Cc1cccc(C)c1N(CCCNc1cccc(N2NC=NC2[S-])c1)CC(=O)[O-]. The Morgan fingerprint density at radius 3 is 2.66 bits per heavy atom. The van der Waals surface area contributed by atoms with Gasteiger partial charge in [0.15, 0.2) is 0 Å². The molecular weight excluding hydrogens is 386 g/mol. The van der Waals surface area contributed by atoms with Gasteiger partial charge in [-0.15, -0.1) is 0 Å². The molecule has 0 saturated heterocycles. The highest BCUT2D eigenvalue weighted by atomic mass is 32.1. The van der Waals surface area contributed by atoms with Crippen LogP contribution in [0.15, 0.2) is 47.5 Å². The first kappa shape index (κ1) is 20.9. The Bertz CT molecular complexity index is 869. The summed E-state index contributed by atoms with van der Waals surface area (Å²) in [5.74, 6) is -1.08. The molecule has 1 aliphatic heterocycles. The van der Waals surface area contributed by atoms with Gasteiger partial charge in [0.1, 0.15) is 6.34 Å². The molecule has 1 unspecified atom stereocenters. The largest absolute Gasteiger partial charge is 0.742 e. The zero-order valence-electron chi connectivity index (χ0n) is 16.6. The number of nitrogens with zero attached hydrogens (tertiary/aromatic N) is 3. The van der Waals surface area contributed by atoms with Crippen LogP contribution >= 0.6 is 0 Å². The molecule has 0 bridgehead atoms. The number of rotatable bonds is 9. The Balaban J connectivity index is 1.58. The summed E-state index contributed by atoms with van der Waals surface area (Å²) >= 11 is 5.27. The molecule has 29 heavy (non-hydrogen) atoms. The number of carboxylic acids is 1. The topological polar surface area (TPSA) is 83.0 Å². The van der Waals surface area contributed by atoms with Crippen molar-refractivity contribution >= 4 is 42.0 Å². The number of hydrogen-bond donors (Lipinski definition) is 2. The van der Waals surface area contributed by atoms with E-state index in [0.717, 1.165) is 34.6 Å². The van der Waals surface area contributed by atoms with Gasteiger partial charge in [-0.25, -0.2) is 0 Å². The van der Waals surface area contributed by atoms with Gasteiger partial charge in [-0.05, 0) is 49.6 Å². The van der Waals surface area contributed by atoms with Crippen LogP contribution in [0.3, 0.4) is 0 Å². The molecule has 0 saturated carbocycles. The highest BCUT2D eigenvalue weighted by Crippen LogP contribution is 2.25. The summed E-state index contributed by atoms with van der Waals surface area (Å²) in [6.45, 7) is 5.19. The lowest BCUT2D eigenvalue weighted by Gasteiger charge is -2.30. The number of aliphatic imine (C=N–C) groups is 1. The van der Waals surface area contributed by atoms with E-state index in [0.29, 0.717) is 13.1 Å². The van der Waals surface area contributed by atoms with Crippen LogP contribution in [0.5, 0.6) is 0 Å². The molecular formula is C21H25N5O2S-2. The van der Waals surface area contributed by atoms with Crippen molar-refractivity contribution in [3.8, 4) is 0 Å². The summed E-state index contributed by atoms with van der Waals surface area (Å²) in [6, 6.07) is 13.9. The average Bonchev–Trinajstić information content (AvgIpc) is 3.10. The Labute approximate surface area is 176 Å². The number of aryl methyl sites for hydroxylation is 2. The molecule has 0 aliphatic carbocycles. The van der Waals surface area contributed by atoms with E-state index in [1.54, 1.807) is 6.34 Å². The molecule has 154 valence electrons. The third kappa shape index (κ3) is 5.35. The molecule has 2 aromatic carbocycles. The van der Waals surface area contributed by atoms with E-state index in [1.807, 2.05) is 66.2 Å². The van der Waals surface area contributed by atoms with Gasteiger partial charge in [0.25, 0.3) is 0 Å². The van der Waals surface area contributed by atoms with Crippen LogP contribution in [-0.4, -0.2) is 37.4 Å². The maximum absolute atomic E-state index is 11.3. The van der Waals surface area contributed by atoms with Crippen LogP contribution in [-0.2, 0) is 17.4 Å². The molecule has 0 spiro atoms. The predicted molar refractivity (Wildman–Crippen MR) is 118 cm³/mol. The van der Waals surface area contributed by atoms with E-state index in [1.165, 1.54) is 0 Å². The summed E-state index contributed by atoms with van der Waals surface area (Å²) in [4.78, 5) is 17.2. The van der Waals surface area contributed by atoms with Crippen molar-refractivity contribution in [2.45, 2.75) is 25.8 Å². The summed E-state index contributed by atoms with van der Waals surface area (Å²) in [7, 11) is 0. The van der Waals surface area contributed by atoms with Gasteiger partial charge in [0.2, 0.25) is 0 Å². The first-order valence-electron chi connectivity index (χ1n) is 9.53. The number of benzene rings is 2. The van der Waals surface area contributed by atoms with Crippen LogP contribution in [0.4, 0.5) is 17.1 Å². The van der Waals surface area contributed by atoms with Crippen molar-refractivity contribution in [1.29, 1.82) is 0 Å². The summed E-state index contributed by atoms with van der Waals surface area (Å²) < 4.78 is 0. The van der Waals surface area contributed by atoms with Gasteiger partial charge in [-0.1, -0.05) is 24.3 Å². The number of hydrogen-bond acceptors (Lipinski definition) is 8. The van der Waals surface area contributed by atoms with Crippen LogP contribution in [0.25, 0.3) is 0 Å². The lowest BCUT2D eigenvalue weighted by atomic mass is 10.1. The lowest BCUT2D eigenvalue weighted by molar-refractivity contribution is -0.303. The predicted octanol–water partition coefficient (Wildman–Crippen LogP) is 1.55. The van der Waals surface area contributed by atoms with E-state index in [4.69, 9.17) is 12.6 Å². The third-order valence-electron chi connectivity index (χ3n) is 4.75. The number of anilines is 3. The zero-order chi connectivity index (χ0) is 20.8. The molecule has 1 atom stereocenters. The normalized spacial score (nSPS) is 15.3. The number of carboxylic acid groups (broad SMARTS) is 1. The molecule has 2 aromatic rings. The number of hydrazine groups is 1. The molecule has 0 fully saturated rings. The van der Waals surface area contributed by atoms with Crippen molar-refractivity contribution in [2.75, 3.05) is 34.9 Å². The minimum atomic E-state index is -1.08. The maximum Gasteiger partial charge on any atom is 0.101 e. The molecule has 1 aliphatic rings. The van der Waals surface area contributed by atoms with Gasteiger partial charge in [-0.2, -0.15) is 0 Å². The van der Waals surface area contributed by atoms with Gasteiger partial charge in [0.05, 0.1) is 18.2 Å². The second kappa shape index (κ2) is 9.56. The Morgan fingerprint density at radius 1 is 1.28 bits per heavy atom. The van der Waals surface area contributed by atoms with Gasteiger partial charge >= 0.3 is 0 Å². The smallest absolute Gasteiger partial charge is 0.101 e. The first-order valence-corrected chi connectivity index (χ1v) is 10.0. The number of carbonyl (C=O) groups excluding carboxylic acids is 1. The highest BCUT2D eigenvalue weighted by molar-refractivity contribution is 7.59. The summed E-state index contributed by atoms with van der Waals surface area (Å²) in [6.07, 6.45) is 2.37. The lowest BCUT2D eigenvalue weighted by Crippen LogP contribution is -2.39. The molecule has 1 heterocycles. The van der Waals surface area contributed by atoms with Gasteiger partial charge < -0.3 is 32.7 Å². The van der Waals surface area contributed by atoms with E-state index in [9.17, 15) is 9.90 Å². The van der Waals surface area contributed by atoms with E-state index in [2.05, 4.69) is 15.7 Å². The minimum absolute atomic E-state index is 0.123. The zero-order valence-corrected chi connectivity index (χ0v) is 17.4. The second-order valence-electron chi connectivity index (χ2n) is 6.97. The fraction of sp³-hybridized carbons (Fsp3) is 0.333. The minimum Gasteiger partial charge on any atom is -0.742 e. The molecule has 0 aromatic heterocycles. The van der Waals surface area contributed by atoms with Gasteiger partial charge in [0, 0.05) is 30.0 Å². The number of aliphatic carboxylic acids is 1. The van der Waals surface area contributed by atoms with Crippen molar-refractivity contribution in [2.24, 2.45) is 4.99 Å². The standard InChI is InChI=1S/C21H27N5O2S/c1-15-6-3-7-16(2)20(15)25(13-19(27)28)11-5-10-22-17-8-4-9-18(12-17)26-21(29)23-14-24-26/h3-4,6-9,12,14,21-22,29H,5,10-11,13H2,1-2H3,(H,23,24)(H,27,28)/p-2. The molecule has 0 amide bonds. The Hall–Kier alpha value is -2.87. The molecule has 0 radical (unpaired) electrons. The Morgan fingerprint density at radius 2 is 2.00 bits per heavy atom. The van der Waals surface area contributed by atoms with Crippen LogP contribution in [0.2, 0.25) is 0 Å². The van der Waals surface area contributed by atoms with Gasteiger partial charge in [-0.3, -0.25) is 15.4 Å². The first-order chi connectivity index (χ1) is 14.0. The van der Waals surface area contributed by atoms with E-state index < -0.39 is 5.97 Å². The van der Waals surface area contributed by atoms with Crippen LogP contribution < -0.4 is 25.8 Å². The van der Waals surface area contributed by atoms with Crippen molar-refractivity contribution < 1.29 is 9.90 Å². The van der Waals surface area contributed by atoms with Crippen molar-refractivity contribution in [3.05, 3.63) is 53.6 Å². The summed E-state index contributed by atoms with van der Waals surface area (Å²) in [5.41, 5.74) is 7.65. The van der Waals surface area contributed by atoms with Crippen LogP contribution in [0, 0.1) is 13.8 Å².